The van der Waals surface area contributed by atoms with Crippen LogP contribution in [0.25, 0.3) is 11.0 Å². The summed E-state index contributed by atoms with van der Waals surface area (Å²) in [6.45, 7) is 9.96. The molecule has 2 aromatic rings. The van der Waals surface area contributed by atoms with Crippen molar-refractivity contribution < 1.29 is 4.74 Å². The second kappa shape index (κ2) is 5.83. The average Bonchev–Trinajstić information content (AvgIpc) is 2.66. The molecule has 0 saturated heterocycles. The zero-order chi connectivity index (χ0) is 14.8. The summed E-state index contributed by atoms with van der Waals surface area (Å²) in [7, 11) is 0. The maximum atomic E-state index is 5.86. The van der Waals surface area contributed by atoms with Crippen molar-refractivity contribution in [1.82, 2.24) is 9.55 Å². The molecular formula is C16H25N3O. The van der Waals surface area contributed by atoms with Gasteiger partial charge in [0.1, 0.15) is 5.82 Å². The Kier molecular flexibility index (Phi) is 4.33. The first-order valence-electron chi connectivity index (χ1n) is 7.35. The van der Waals surface area contributed by atoms with E-state index in [1.807, 2.05) is 19.1 Å². The third-order valence-electron chi connectivity index (χ3n) is 3.40. The fourth-order valence-electron chi connectivity index (χ4n) is 2.60. The van der Waals surface area contributed by atoms with Gasteiger partial charge in [0.25, 0.3) is 0 Å². The molecule has 0 radical (unpaired) electrons. The fraction of sp³-hybridized carbons (Fsp3) is 0.562. The van der Waals surface area contributed by atoms with Gasteiger partial charge >= 0.3 is 0 Å². The first-order valence-corrected chi connectivity index (χ1v) is 7.35. The lowest BCUT2D eigenvalue weighted by Gasteiger charge is -2.26. The van der Waals surface area contributed by atoms with E-state index in [4.69, 9.17) is 15.5 Å². The van der Waals surface area contributed by atoms with Crippen LogP contribution in [0.1, 0.15) is 39.9 Å². The van der Waals surface area contributed by atoms with Crippen molar-refractivity contribution in [1.29, 1.82) is 0 Å². The number of ether oxygens (including phenoxy) is 1. The molecule has 0 aliphatic rings. The molecule has 0 saturated carbocycles. The lowest BCUT2D eigenvalue weighted by atomic mass is 10.1. The summed E-state index contributed by atoms with van der Waals surface area (Å²) >= 11 is 0. The van der Waals surface area contributed by atoms with Crippen LogP contribution in [0.15, 0.2) is 18.2 Å². The quantitative estimate of drug-likeness (QED) is 0.822. The molecule has 0 aliphatic carbocycles. The van der Waals surface area contributed by atoms with Crippen molar-refractivity contribution in [3.8, 4) is 0 Å². The molecule has 1 heterocycles. The molecule has 1 aromatic carbocycles. The Morgan fingerprint density at radius 2 is 2.05 bits per heavy atom. The maximum Gasteiger partial charge on any atom is 0.109 e. The van der Waals surface area contributed by atoms with Gasteiger partial charge in [0.2, 0.25) is 0 Å². The number of anilines is 1. The third-order valence-corrected chi connectivity index (χ3v) is 3.40. The zero-order valence-corrected chi connectivity index (χ0v) is 12.9. The Morgan fingerprint density at radius 3 is 2.70 bits per heavy atom. The smallest absolute Gasteiger partial charge is 0.109 e. The van der Waals surface area contributed by atoms with Gasteiger partial charge in [0.15, 0.2) is 0 Å². The molecule has 0 spiro atoms. The fourth-order valence-corrected chi connectivity index (χ4v) is 2.60. The van der Waals surface area contributed by atoms with Crippen molar-refractivity contribution >= 4 is 16.7 Å². The first-order chi connectivity index (χ1) is 9.46. The van der Waals surface area contributed by atoms with Crippen molar-refractivity contribution in [2.24, 2.45) is 0 Å². The molecule has 20 heavy (non-hydrogen) atoms. The Labute approximate surface area is 120 Å². The van der Waals surface area contributed by atoms with E-state index in [9.17, 15) is 0 Å². The minimum absolute atomic E-state index is 0.202. The third kappa shape index (κ3) is 3.12. The summed E-state index contributed by atoms with van der Waals surface area (Å²) < 4.78 is 8.11. The predicted octanol–water partition coefficient (Wildman–Crippen LogP) is 3.39. The van der Waals surface area contributed by atoms with Crippen molar-refractivity contribution in [2.75, 3.05) is 12.3 Å². The number of hydrogen-bond donors (Lipinski definition) is 1. The van der Waals surface area contributed by atoms with Crippen LogP contribution >= 0.6 is 0 Å². The molecule has 0 aliphatic heterocycles. The highest BCUT2D eigenvalue weighted by Crippen LogP contribution is 2.23. The van der Waals surface area contributed by atoms with Gasteiger partial charge in [-0.2, -0.15) is 0 Å². The summed E-state index contributed by atoms with van der Waals surface area (Å²) in [5.74, 6) is 1.11. The highest BCUT2D eigenvalue weighted by molar-refractivity contribution is 5.79. The van der Waals surface area contributed by atoms with Gasteiger partial charge in [0.05, 0.1) is 23.2 Å². The number of imidazole rings is 1. The summed E-state index contributed by atoms with van der Waals surface area (Å²) in [5.41, 5.74) is 8.52. The van der Waals surface area contributed by atoms with E-state index in [-0.39, 0.29) is 5.60 Å². The van der Waals surface area contributed by atoms with Gasteiger partial charge in [0, 0.05) is 18.7 Å². The van der Waals surface area contributed by atoms with Crippen molar-refractivity contribution in [2.45, 2.75) is 52.7 Å². The van der Waals surface area contributed by atoms with Gasteiger partial charge in [-0.3, -0.25) is 0 Å². The van der Waals surface area contributed by atoms with E-state index in [1.54, 1.807) is 0 Å². The van der Waals surface area contributed by atoms with Gasteiger partial charge in [-0.1, -0.05) is 6.92 Å². The van der Waals surface area contributed by atoms with Gasteiger partial charge in [-0.15, -0.1) is 0 Å². The number of rotatable bonds is 6. The van der Waals surface area contributed by atoms with Gasteiger partial charge < -0.3 is 15.0 Å². The Bertz CT molecular complexity index is 587. The number of aryl methyl sites for hydroxylation is 1. The Balaban J connectivity index is 2.45. The second-order valence-corrected chi connectivity index (χ2v) is 5.81. The van der Waals surface area contributed by atoms with E-state index < -0.39 is 0 Å². The van der Waals surface area contributed by atoms with Crippen molar-refractivity contribution in [3.63, 3.8) is 0 Å². The highest BCUT2D eigenvalue weighted by atomic mass is 16.5. The van der Waals surface area contributed by atoms with Crippen LogP contribution in [-0.2, 0) is 17.7 Å². The molecule has 4 nitrogen and oxygen atoms in total. The molecule has 0 fully saturated rings. The molecule has 1 aromatic heterocycles. The van der Waals surface area contributed by atoms with Crippen LogP contribution in [0, 0.1) is 0 Å². The first kappa shape index (κ1) is 14.9. The van der Waals surface area contributed by atoms with E-state index in [0.717, 1.165) is 48.5 Å². The summed E-state index contributed by atoms with van der Waals surface area (Å²) in [6, 6.07) is 5.93. The van der Waals surface area contributed by atoms with Crippen molar-refractivity contribution in [3.05, 3.63) is 24.0 Å². The topological polar surface area (TPSA) is 53.1 Å². The molecule has 0 atom stereocenters. The van der Waals surface area contributed by atoms with Crippen LogP contribution in [-0.4, -0.2) is 21.8 Å². The van der Waals surface area contributed by atoms with E-state index in [1.165, 1.54) is 0 Å². The number of nitrogens with zero attached hydrogens (tertiary/aromatic N) is 2. The van der Waals surface area contributed by atoms with Crippen LogP contribution in [0.4, 0.5) is 5.69 Å². The summed E-state index contributed by atoms with van der Waals surface area (Å²) in [6.07, 6.45) is 2.05. The molecule has 4 heteroatoms. The summed E-state index contributed by atoms with van der Waals surface area (Å²) in [4.78, 5) is 4.73. The van der Waals surface area contributed by atoms with E-state index >= 15 is 0 Å². The van der Waals surface area contributed by atoms with Crippen LogP contribution in [0.5, 0.6) is 0 Å². The monoisotopic (exact) mass is 275 g/mol. The van der Waals surface area contributed by atoms with E-state index in [0.29, 0.717) is 0 Å². The van der Waals surface area contributed by atoms with Crippen LogP contribution in [0.3, 0.4) is 0 Å². The zero-order valence-electron chi connectivity index (χ0n) is 12.9. The van der Waals surface area contributed by atoms with Gasteiger partial charge in [-0.05, 0) is 45.4 Å². The Hall–Kier alpha value is -1.55. The second-order valence-electron chi connectivity index (χ2n) is 5.81. The largest absolute Gasteiger partial charge is 0.399 e. The normalized spacial score (nSPS) is 12.2. The van der Waals surface area contributed by atoms with Gasteiger partial charge in [-0.25, -0.2) is 4.98 Å². The lowest BCUT2D eigenvalue weighted by molar-refractivity contribution is -0.0221. The van der Waals surface area contributed by atoms with Crippen LogP contribution in [0.2, 0.25) is 0 Å². The molecule has 2 N–H and O–H groups in total. The number of nitrogens with two attached hydrogens (primary N) is 1. The number of hydrogen-bond acceptors (Lipinski definition) is 3. The molecule has 110 valence electrons. The van der Waals surface area contributed by atoms with Crippen LogP contribution < -0.4 is 5.73 Å². The number of benzene rings is 1. The summed E-state index contributed by atoms with van der Waals surface area (Å²) in [5, 5.41) is 0. The number of fused-ring (bicyclic) bond motifs is 1. The lowest BCUT2D eigenvalue weighted by Crippen LogP contribution is -2.31. The highest BCUT2D eigenvalue weighted by Gasteiger charge is 2.22. The Morgan fingerprint density at radius 1 is 1.30 bits per heavy atom. The number of nitrogen functional groups attached to an aromatic ring is 1. The minimum Gasteiger partial charge on any atom is -0.399 e. The SMILES string of the molecule is CCCc1nc2cc(N)ccc2n1CC(C)(C)OCC. The average molecular weight is 275 g/mol. The molecular weight excluding hydrogens is 250 g/mol. The van der Waals surface area contributed by atoms with E-state index in [2.05, 4.69) is 31.4 Å². The maximum absolute atomic E-state index is 5.86. The standard InChI is InChI=1S/C16H25N3O/c1-5-7-15-18-13-10-12(17)8-9-14(13)19(15)11-16(3,4)20-6-2/h8-10H,5-7,11,17H2,1-4H3. The number of aromatic nitrogens is 2. The molecule has 0 amide bonds. The molecule has 2 rings (SSSR count). The molecule has 0 unspecified atom stereocenters. The minimum atomic E-state index is -0.202. The molecule has 0 bridgehead atoms. The predicted molar refractivity (Wildman–Crippen MR) is 83.8 cm³/mol.